The summed E-state index contributed by atoms with van der Waals surface area (Å²) in [4.78, 5) is 17.3. The lowest BCUT2D eigenvalue weighted by atomic mass is 10.1. The molecule has 5 atom stereocenters. The Hall–Kier alpha value is -2.61. The van der Waals surface area contributed by atoms with Gasteiger partial charge in [0.2, 0.25) is 5.28 Å². The Balaban J connectivity index is 1.34. The van der Waals surface area contributed by atoms with Crippen molar-refractivity contribution in [3.05, 3.63) is 35.9 Å². The highest BCUT2D eigenvalue weighted by molar-refractivity contribution is 7.20. The van der Waals surface area contributed by atoms with Gasteiger partial charge < -0.3 is 30.1 Å². The van der Waals surface area contributed by atoms with E-state index in [1.54, 1.807) is 0 Å². The van der Waals surface area contributed by atoms with E-state index >= 15 is 0 Å². The van der Waals surface area contributed by atoms with Gasteiger partial charge in [0, 0.05) is 0 Å². The van der Waals surface area contributed by atoms with Crippen LogP contribution in [0.3, 0.4) is 0 Å². The molecule has 0 spiro atoms. The first kappa shape index (κ1) is 22.2. The summed E-state index contributed by atoms with van der Waals surface area (Å²) in [6, 6.07) is 7.63. The minimum atomic E-state index is -1.27. The molecule has 0 saturated carbocycles. The standard InChI is InChI=1S/C20H21ClN6O5S/c1-9(7-31-20-24-10-4-2-3-5-12(10)33-20)23-16-13-17(26-19(21)25-16)27(8-22-13)18-15(30)14(29)11(6-28)32-18/h2-5,8-9,11,14-15,18,28-30H,6-7H2,1H3,(H,23,25,26)/t9-,11-,14?,15?,18-/m1/s1. The number of fused-ring (bicyclic) bond motifs is 2. The van der Waals surface area contributed by atoms with Gasteiger partial charge in [0.05, 0.1) is 29.2 Å². The molecule has 1 aliphatic heterocycles. The number of nitrogens with one attached hydrogen (secondary N) is 1. The molecule has 33 heavy (non-hydrogen) atoms. The Kier molecular flexibility index (Phi) is 6.03. The Morgan fingerprint density at radius 1 is 1.24 bits per heavy atom. The van der Waals surface area contributed by atoms with Crippen LogP contribution >= 0.6 is 22.9 Å². The molecule has 1 aliphatic rings. The summed E-state index contributed by atoms with van der Waals surface area (Å²) in [7, 11) is 0. The molecule has 5 rings (SSSR count). The van der Waals surface area contributed by atoms with Gasteiger partial charge in [-0.05, 0) is 30.7 Å². The summed E-state index contributed by atoms with van der Waals surface area (Å²) >= 11 is 7.62. The lowest BCUT2D eigenvalue weighted by molar-refractivity contribution is -0.0511. The van der Waals surface area contributed by atoms with Crippen molar-refractivity contribution in [2.24, 2.45) is 0 Å². The molecule has 174 valence electrons. The lowest BCUT2D eigenvalue weighted by Gasteiger charge is -2.17. The predicted molar refractivity (Wildman–Crippen MR) is 122 cm³/mol. The molecule has 4 heterocycles. The van der Waals surface area contributed by atoms with Gasteiger partial charge in [-0.3, -0.25) is 4.57 Å². The number of anilines is 1. The number of para-hydroxylation sites is 1. The van der Waals surface area contributed by atoms with Crippen LogP contribution in [0.1, 0.15) is 13.2 Å². The number of aliphatic hydroxyl groups excluding tert-OH is 3. The molecule has 1 saturated heterocycles. The fourth-order valence-corrected chi connectivity index (χ4v) is 4.66. The van der Waals surface area contributed by atoms with Crippen LogP contribution in [-0.2, 0) is 4.74 Å². The van der Waals surface area contributed by atoms with Gasteiger partial charge in [0.15, 0.2) is 23.2 Å². The maximum atomic E-state index is 10.4. The average Bonchev–Trinajstić information content (AvgIpc) is 3.48. The smallest absolute Gasteiger partial charge is 0.274 e. The SMILES string of the molecule is C[C@H](COc1nc2ccccc2s1)Nc1nc(Cl)nc2c1ncn2[C@@H]1O[C@H](CO)C(O)C1O. The van der Waals surface area contributed by atoms with E-state index in [-0.39, 0.29) is 11.3 Å². The van der Waals surface area contributed by atoms with E-state index in [1.807, 2.05) is 31.2 Å². The van der Waals surface area contributed by atoms with Crippen molar-refractivity contribution < 1.29 is 24.8 Å². The zero-order valence-corrected chi connectivity index (χ0v) is 18.9. The molecule has 0 amide bonds. The van der Waals surface area contributed by atoms with E-state index in [1.165, 1.54) is 22.2 Å². The minimum absolute atomic E-state index is 0.0298. The Labute approximate surface area is 196 Å². The van der Waals surface area contributed by atoms with E-state index < -0.39 is 31.1 Å². The third-order valence-electron chi connectivity index (χ3n) is 5.30. The third kappa shape index (κ3) is 4.21. The van der Waals surface area contributed by atoms with Crippen molar-refractivity contribution in [3.8, 4) is 5.19 Å². The number of nitrogens with zero attached hydrogens (tertiary/aromatic N) is 5. The zero-order valence-electron chi connectivity index (χ0n) is 17.4. The maximum Gasteiger partial charge on any atom is 0.274 e. The molecule has 4 N–H and O–H groups in total. The van der Waals surface area contributed by atoms with Gasteiger partial charge in [-0.2, -0.15) is 9.97 Å². The molecule has 1 fully saturated rings. The Morgan fingerprint density at radius 3 is 2.82 bits per heavy atom. The molecule has 4 aromatic rings. The van der Waals surface area contributed by atoms with Gasteiger partial charge in [0.1, 0.15) is 24.9 Å². The number of benzene rings is 1. The summed E-state index contributed by atoms with van der Waals surface area (Å²) in [5, 5.41) is 33.5. The highest BCUT2D eigenvalue weighted by atomic mass is 35.5. The third-order valence-corrected chi connectivity index (χ3v) is 6.42. The van der Waals surface area contributed by atoms with Crippen molar-refractivity contribution in [3.63, 3.8) is 0 Å². The largest absolute Gasteiger partial charge is 0.468 e. The van der Waals surface area contributed by atoms with Crippen molar-refractivity contribution >= 4 is 50.1 Å². The van der Waals surface area contributed by atoms with Crippen LogP contribution in [0.4, 0.5) is 5.82 Å². The summed E-state index contributed by atoms with van der Waals surface area (Å²) in [5.41, 5.74) is 1.61. The van der Waals surface area contributed by atoms with Crippen LogP contribution in [0.2, 0.25) is 5.28 Å². The van der Waals surface area contributed by atoms with Crippen LogP contribution in [0.25, 0.3) is 21.4 Å². The van der Waals surface area contributed by atoms with Crippen molar-refractivity contribution in [2.75, 3.05) is 18.5 Å². The van der Waals surface area contributed by atoms with Gasteiger partial charge in [-0.25, -0.2) is 9.97 Å². The van der Waals surface area contributed by atoms with E-state index in [0.717, 1.165) is 10.2 Å². The first-order valence-corrected chi connectivity index (χ1v) is 11.4. The maximum absolute atomic E-state index is 10.4. The molecule has 2 unspecified atom stereocenters. The predicted octanol–water partition coefficient (Wildman–Crippen LogP) is 1.58. The van der Waals surface area contributed by atoms with Gasteiger partial charge in [-0.1, -0.05) is 23.5 Å². The minimum Gasteiger partial charge on any atom is -0.468 e. The van der Waals surface area contributed by atoms with E-state index in [4.69, 9.17) is 21.1 Å². The molecule has 0 aliphatic carbocycles. The number of hydrogen-bond acceptors (Lipinski definition) is 11. The second-order valence-electron chi connectivity index (χ2n) is 7.70. The average molecular weight is 493 g/mol. The van der Waals surface area contributed by atoms with Crippen LogP contribution in [0.15, 0.2) is 30.6 Å². The lowest BCUT2D eigenvalue weighted by Crippen LogP contribution is -2.33. The number of hydrogen-bond donors (Lipinski definition) is 4. The number of imidazole rings is 1. The first-order chi connectivity index (χ1) is 15.9. The monoisotopic (exact) mass is 492 g/mol. The molecule has 3 aromatic heterocycles. The van der Waals surface area contributed by atoms with E-state index in [2.05, 4.69) is 25.3 Å². The van der Waals surface area contributed by atoms with Crippen molar-refractivity contribution in [1.82, 2.24) is 24.5 Å². The van der Waals surface area contributed by atoms with Crippen LogP contribution in [0.5, 0.6) is 5.19 Å². The molecule has 13 heteroatoms. The number of thiazole rings is 1. The molecule has 1 aromatic carbocycles. The molecule has 0 radical (unpaired) electrons. The highest BCUT2D eigenvalue weighted by Crippen LogP contribution is 2.33. The van der Waals surface area contributed by atoms with Crippen molar-refractivity contribution in [2.45, 2.75) is 37.5 Å². The number of aromatic nitrogens is 5. The topological polar surface area (TPSA) is 148 Å². The van der Waals surface area contributed by atoms with Gasteiger partial charge in [-0.15, -0.1) is 0 Å². The van der Waals surface area contributed by atoms with E-state index in [9.17, 15) is 15.3 Å². The second-order valence-corrected chi connectivity index (χ2v) is 9.03. The molecular weight excluding hydrogens is 472 g/mol. The van der Waals surface area contributed by atoms with Crippen LogP contribution in [-0.4, -0.2) is 77.4 Å². The van der Waals surface area contributed by atoms with E-state index in [0.29, 0.717) is 28.8 Å². The number of halogens is 1. The van der Waals surface area contributed by atoms with Gasteiger partial charge >= 0.3 is 0 Å². The number of aliphatic hydroxyl groups is 3. The molecule has 11 nitrogen and oxygen atoms in total. The summed E-state index contributed by atoms with van der Waals surface area (Å²) in [5.74, 6) is 0.385. The van der Waals surface area contributed by atoms with Crippen LogP contribution < -0.4 is 10.1 Å². The zero-order chi connectivity index (χ0) is 23.1. The summed E-state index contributed by atoms with van der Waals surface area (Å²) in [6.07, 6.45) is -3.00. The van der Waals surface area contributed by atoms with Crippen LogP contribution in [0, 0.1) is 0 Å². The van der Waals surface area contributed by atoms with Crippen molar-refractivity contribution in [1.29, 1.82) is 0 Å². The number of rotatable bonds is 7. The first-order valence-electron chi connectivity index (χ1n) is 10.2. The molecular formula is C20H21ClN6O5S. The summed E-state index contributed by atoms with van der Waals surface area (Å²) < 4.78 is 13.9. The Bertz CT molecular complexity index is 1250. The van der Waals surface area contributed by atoms with Gasteiger partial charge in [0.25, 0.3) is 5.19 Å². The fraction of sp³-hybridized carbons (Fsp3) is 0.400. The Morgan fingerprint density at radius 2 is 2.06 bits per heavy atom. The molecule has 0 bridgehead atoms. The second kappa shape index (κ2) is 8.97. The fourth-order valence-electron chi connectivity index (χ4n) is 3.67. The quantitative estimate of drug-likeness (QED) is 0.280. The highest BCUT2D eigenvalue weighted by Gasteiger charge is 2.44. The summed E-state index contributed by atoms with van der Waals surface area (Å²) in [6.45, 7) is 1.80. The normalized spacial score (nSPS) is 23.9. The number of ether oxygens (including phenoxy) is 2.